The van der Waals surface area contributed by atoms with Crippen LogP contribution in [0, 0.1) is 6.92 Å². The van der Waals surface area contributed by atoms with Crippen molar-refractivity contribution in [1.29, 1.82) is 0 Å². The molecule has 0 saturated carbocycles. The van der Waals surface area contributed by atoms with Crippen molar-refractivity contribution in [3.8, 4) is 0 Å². The molecular weight excluding hydrogens is 348 g/mol. The molecule has 128 valence electrons. The Morgan fingerprint density at radius 2 is 1.75 bits per heavy atom. The maximum Gasteiger partial charge on any atom is 0.253 e. The summed E-state index contributed by atoms with van der Waals surface area (Å²) in [7, 11) is -3.39. The molecule has 7 heteroatoms. The van der Waals surface area contributed by atoms with Gasteiger partial charge in [0.25, 0.3) is 5.91 Å². The minimum Gasteiger partial charge on any atom is -0.345 e. The molecule has 0 aliphatic rings. The molecule has 1 amide bonds. The number of rotatable bonds is 5. The van der Waals surface area contributed by atoms with E-state index in [1.807, 2.05) is 38.1 Å². The van der Waals surface area contributed by atoms with Crippen LogP contribution in [0.5, 0.6) is 0 Å². The summed E-state index contributed by atoms with van der Waals surface area (Å²) in [6, 6.07) is 12.1. The SMILES string of the molecule is Cc1ccc([C@H](C)NC(=O)c2ccc(NS(C)(=O)=O)cc2Cl)cc1. The van der Waals surface area contributed by atoms with E-state index < -0.39 is 10.0 Å². The molecule has 0 fully saturated rings. The van der Waals surface area contributed by atoms with Crippen LogP contribution in [-0.2, 0) is 10.0 Å². The third kappa shape index (κ3) is 4.97. The third-order valence-corrected chi connectivity index (χ3v) is 4.36. The molecule has 0 saturated heterocycles. The highest BCUT2D eigenvalue weighted by molar-refractivity contribution is 7.92. The van der Waals surface area contributed by atoms with Gasteiger partial charge in [-0.3, -0.25) is 9.52 Å². The molecule has 2 aromatic carbocycles. The van der Waals surface area contributed by atoms with Gasteiger partial charge in [-0.05, 0) is 37.6 Å². The minimum atomic E-state index is -3.39. The van der Waals surface area contributed by atoms with Crippen LogP contribution in [0.3, 0.4) is 0 Å². The Balaban J connectivity index is 2.13. The molecule has 2 aromatic rings. The number of hydrogen-bond donors (Lipinski definition) is 2. The molecule has 2 rings (SSSR count). The summed E-state index contributed by atoms with van der Waals surface area (Å²) in [5, 5.41) is 3.06. The van der Waals surface area contributed by atoms with E-state index in [9.17, 15) is 13.2 Å². The maximum absolute atomic E-state index is 12.4. The van der Waals surface area contributed by atoms with Gasteiger partial charge in [-0.25, -0.2) is 8.42 Å². The second-order valence-electron chi connectivity index (χ2n) is 5.67. The fourth-order valence-corrected chi connectivity index (χ4v) is 3.01. The molecule has 0 aliphatic heterocycles. The predicted molar refractivity (Wildman–Crippen MR) is 97.0 cm³/mol. The molecule has 24 heavy (non-hydrogen) atoms. The van der Waals surface area contributed by atoms with Gasteiger partial charge in [0, 0.05) is 5.69 Å². The Morgan fingerprint density at radius 1 is 1.12 bits per heavy atom. The van der Waals surface area contributed by atoms with Gasteiger partial charge in [0.15, 0.2) is 0 Å². The second kappa shape index (κ2) is 7.23. The fourth-order valence-electron chi connectivity index (χ4n) is 2.19. The average Bonchev–Trinajstić information content (AvgIpc) is 2.46. The summed E-state index contributed by atoms with van der Waals surface area (Å²) in [6.07, 6.45) is 1.05. The van der Waals surface area contributed by atoms with Crippen LogP contribution in [0.4, 0.5) is 5.69 Å². The maximum atomic E-state index is 12.4. The summed E-state index contributed by atoms with van der Waals surface area (Å²) in [5.41, 5.74) is 2.73. The fraction of sp³-hybridized carbons (Fsp3) is 0.235. The number of hydrogen-bond acceptors (Lipinski definition) is 3. The van der Waals surface area contributed by atoms with Crippen LogP contribution in [0.1, 0.15) is 34.5 Å². The van der Waals surface area contributed by atoms with Crippen molar-refractivity contribution in [2.24, 2.45) is 0 Å². The van der Waals surface area contributed by atoms with E-state index in [-0.39, 0.29) is 22.5 Å². The van der Waals surface area contributed by atoms with Crippen molar-refractivity contribution in [1.82, 2.24) is 5.32 Å². The van der Waals surface area contributed by atoms with Gasteiger partial charge in [0.2, 0.25) is 10.0 Å². The number of aryl methyl sites for hydroxylation is 1. The van der Waals surface area contributed by atoms with Gasteiger partial charge in [0.05, 0.1) is 22.9 Å². The highest BCUT2D eigenvalue weighted by Crippen LogP contribution is 2.23. The zero-order valence-corrected chi connectivity index (χ0v) is 15.2. The first kappa shape index (κ1) is 18.3. The van der Waals surface area contributed by atoms with E-state index in [2.05, 4.69) is 10.0 Å². The first-order chi connectivity index (χ1) is 11.2. The van der Waals surface area contributed by atoms with Crippen LogP contribution in [0.15, 0.2) is 42.5 Å². The zero-order valence-electron chi connectivity index (χ0n) is 13.6. The Bertz CT molecular complexity index is 849. The summed E-state index contributed by atoms with van der Waals surface area (Å²) in [4.78, 5) is 12.4. The Kier molecular flexibility index (Phi) is 5.51. The van der Waals surface area contributed by atoms with Crippen LogP contribution in [-0.4, -0.2) is 20.6 Å². The molecule has 0 aromatic heterocycles. The lowest BCUT2D eigenvalue weighted by atomic mass is 10.1. The molecule has 1 atom stereocenters. The first-order valence-electron chi connectivity index (χ1n) is 7.30. The summed E-state index contributed by atoms with van der Waals surface area (Å²) in [6.45, 7) is 3.88. The lowest BCUT2D eigenvalue weighted by Crippen LogP contribution is -2.27. The molecule has 0 bridgehead atoms. The quantitative estimate of drug-likeness (QED) is 0.850. The van der Waals surface area contributed by atoms with Crippen molar-refractivity contribution in [3.05, 3.63) is 64.2 Å². The van der Waals surface area contributed by atoms with Crippen LogP contribution in [0.2, 0.25) is 5.02 Å². The molecule has 0 radical (unpaired) electrons. The molecule has 0 unspecified atom stereocenters. The van der Waals surface area contributed by atoms with E-state index in [4.69, 9.17) is 11.6 Å². The number of sulfonamides is 1. The Labute approximate surface area is 147 Å². The number of carbonyl (C=O) groups is 1. The molecule has 0 heterocycles. The van der Waals surface area contributed by atoms with Gasteiger partial charge >= 0.3 is 0 Å². The Hall–Kier alpha value is -2.05. The van der Waals surface area contributed by atoms with Crippen molar-refractivity contribution >= 4 is 33.2 Å². The van der Waals surface area contributed by atoms with Crippen LogP contribution in [0.25, 0.3) is 0 Å². The standard InChI is InChI=1S/C17H19ClN2O3S/c1-11-4-6-13(7-5-11)12(2)19-17(21)15-9-8-14(10-16(15)18)20-24(3,22)23/h4-10,12,20H,1-3H3,(H,19,21)/t12-/m0/s1. The van der Waals surface area contributed by atoms with E-state index in [1.54, 1.807) is 0 Å². The predicted octanol–water partition coefficient (Wildman–Crippen LogP) is 3.51. The van der Waals surface area contributed by atoms with Gasteiger partial charge in [-0.15, -0.1) is 0 Å². The Morgan fingerprint density at radius 3 is 2.29 bits per heavy atom. The average molecular weight is 367 g/mol. The number of carbonyl (C=O) groups excluding carboxylic acids is 1. The van der Waals surface area contributed by atoms with Crippen molar-refractivity contribution < 1.29 is 13.2 Å². The number of halogens is 1. The lowest BCUT2D eigenvalue weighted by Gasteiger charge is -2.15. The summed E-state index contributed by atoms with van der Waals surface area (Å²) >= 11 is 6.11. The molecule has 0 aliphatic carbocycles. The number of nitrogens with one attached hydrogen (secondary N) is 2. The first-order valence-corrected chi connectivity index (χ1v) is 9.57. The van der Waals surface area contributed by atoms with E-state index in [0.717, 1.165) is 17.4 Å². The van der Waals surface area contributed by atoms with E-state index >= 15 is 0 Å². The van der Waals surface area contributed by atoms with Gasteiger partial charge < -0.3 is 5.32 Å². The normalized spacial score (nSPS) is 12.5. The molecular formula is C17H19ClN2O3S. The zero-order chi connectivity index (χ0) is 17.9. The molecule has 5 nitrogen and oxygen atoms in total. The van der Waals surface area contributed by atoms with Crippen molar-refractivity contribution in [3.63, 3.8) is 0 Å². The van der Waals surface area contributed by atoms with Crippen molar-refractivity contribution in [2.45, 2.75) is 19.9 Å². The summed E-state index contributed by atoms with van der Waals surface area (Å²) < 4.78 is 24.8. The van der Waals surface area contributed by atoms with Gasteiger partial charge in [-0.2, -0.15) is 0 Å². The number of benzene rings is 2. The second-order valence-corrected chi connectivity index (χ2v) is 7.83. The lowest BCUT2D eigenvalue weighted by molar-refractivity contribution is 0.0940. The molecule has 2 N–H and O–H groups in total. The topological polar surface area (TPSA) is 75.3 Å². The monoisotopic (exact) mass is 366 g/mol. The van der Waals surface area contributed by atoms with Gasteiger partial charge in [-0.1, -0.05) is 41.4 Å². The van der Waals surface area contributed by atoms with E-state index in [0.29, 0.717) is 5.69 Å². The minimum absolute atomic E-state index is 0.178. The number of amides is 1. The van der Waals surface area contributed by atoms with E-state index in [1.165, 1.54) is 18.2 Å². The van der Waals surface area contributed by atoms with Gasteiger partial charge in [0.1, 0.15) is 0 Å². The van der Waals surface area contributed by atoms with Crippen LogP contribution >= 0.6 is 11.6 Å². The highest BCUT2D eigenvalue weighted by Gasteiger charge is 2.15. The smallest absolute Gasteiger partial charge is 0.253 e. The highest BCUT2D eigenvalue weighted by atomic mass is 35.5. The number of anilines is 1. The van der Waals surface area contributed by atoms with Crippen LogP contribution < -0.4 is 10.0 Å². The summed E-state index contributed by atoms with van der Waals surface area (Å²) in [5.74, 6) is -0.320. The largest absolute Gasteiger partial charge is 0.345 e. The third-order valence-electron chi connectivity index (χ3n) is 3.44. The molecule has 0 spiro atoms. The van der Waals surface area contributed by atoms with Crippen molar-refractivity contribution in [2.75, 3.05) is 11.0 Å².